The molecule has 0 radical (unpaired) electrons. The van der Waals surface area contributed by atoms with Crippen molar-refractivity contribution < 1.29 is 4.79 Å². The van der Waals surface area contributed by atoms with Crippen molar-refractivity contribution in [2.45, 2.75) is 39.5 Å². The third-order valence-electron chi connectivity index (χ3n) is 3.40. The zero-order valence-electron chi connectivity index (χ0n) is 11.6. The molecule has 2 nitrogen and oxygen atoms in total. The maximum Gasteiger partial charge on any atom is 0.132 e. The Labute approximate surface area is 111 Å². The van der Waals surface area contributed by atoms with Crippen LogP contribution in [0, 0.1) is 5.92 Å². The molecule has 1 aliphatic heterocycles. The molecule has 1 aliphatic rings. The fourth-order valence-corrected chi connectivity index (χ4v) is 2.14. The summed E-state index contributed by atoms with van der Waals surface area (Å²) in [5.41, 5.74) is 1.41. The number of carbonyl (C=O) groups is 1. The van der Waals surface area contributed by atoms with Gasteiger partial charge in [0.2, 0.25) is 0 Å². The predicted octanol–water partition coefficient (Wildman–Crippen LogP) is 3.21. The second-order valence-electron chi connectivity index (χ2n) is 4.83. The van der Waals surface area contributed by atoms with Crippen molar-refractivity contribution in [3.8, 4) is 0 Å². The van der Waals surface area contributed by atoms with Gasteiger partial charge in [-0.05, 0) is 51.3 Å². The third-order valence-corrected chi connectivity index (χ3v) is 3.40. The third kappa shape index (κ3) is 5.97. The number of ketones is 1. The van der Waals surface area contributed by atoms with Gasteiger partial charge in [0.05, 0.1) is 0 Å². The molecular weight excluding hydrogens is 222 g/mol. The van der Waals surface area contributed by atoms with Crippen LogP contribution >= 0.6 is 0 Å². The predicted molar refractivity (Wildman–Crippen MR) is 76.7 cm³/mol. The van der Waals surface area contributed by atoms with Crippen LogP contribution in [0.5, 0.6) is 0 Å². The highest BCUT2D eigenvalue weighted by molar-refractivity contribution is 5.78. The Bertz CT molecular complexity index is 326. The fourth-order valence-electron chi connectivity index (χ4n) is 2.14. The van der Waals surface area contributed by atoms with Gasteiger partial charge in [-0.2, -0.15) is 0 Å². The second-order valence-corrected chi connectivity index (χ2v) is 4.83. The molecule has 2 heteroatoms. The van der Waals surface area contributed by atoms with Gasteiger partial charge >= 0.3 is 0 Å². The minimum atomic E-state index is 0.343. The highest BCUT2D eigenvalue weighted by atomic mass is 16.1. The summed E-state index contributed by atoms with van der Waals surface area (Å²) in [4.78, 5) is 10.9. The van der Waals surface area contributed by atoms with E-state index in [4.69, 9.17) is 0 Å². The van der Waals surface area contributed by atoms with E-state index in [0.717, 1.165) is 38.8 Å². The molecule has 0 amide bonds. The molecule has 1 aromatic rings. The Kier molecular flexibility index (Phi) is 7.35. The maximum atomic E-state index is 10.9. The molecule has 0 saturated carbocycles. The van der Waals surface area contributed by atoms with Crippen molar-refractivity contribution in [2.24, 2.45) is 5.92 Å². The van der Waals surface area contributed by atoms with Crippen LogP contribution < -0.4 is 5.32 Å². The largest absolute Gasteiger partial charge is 0.317 e. The van der Waals surface area contributed by atoms with E-state index in [2.05, 4.69) is 36.5 Å². The first-order valence-corrected chi connectivity index (χ1v) is 6.99. The topological polar surface area (TPSA) is 29.1 Å². The van der Waals surface area contributed by atoms with Crippen LogP contribution in [0.15, 0.2) is 30.3 Å². The van der Waals surface area contributed by atoms with E-state index < -0.39 is 0 Å². The molecule has 1 aromatic carbocycles. The SMILES string of the molecule is CC(=O)C1CCCNCC1.CCc1ccccc1. The van der Waals surface area contributed by atoms with E-state index in [1.807, 2.05) is 6.07 Å². The van der Waals surface area contributed by atoms with Crippen molar-refractivity contribution in [3.63, 3.8) is 0 Å². The molecule has 18 heavy (non-hydrogen) atoms. The van der Waals surface area contributed by atoms with Crippen molar-refractivity contribution in [2.75, 3.05) is 13.1 Å². The van der Waals surface area contributed by atoms with E-state index in [-0.39, 0.29) is 0 Å². The summed E-state index contributed by atoms with van der Waals surface area (Å²) in [5, 5.41) is 3.28. The lowest BCUT2D eigenvalue weighted by Crippen LogP contribution is -2.15. The van der Waals surface area contributed by atoms with Gasteiger partial charge in [-0.15, -0.1) is 0 Å². The summed E-state index contributed by atoms with van der Waals surface area (Å²) in [5.74, 6) is 0.707. The van der Waals surface area contributed by atoms with Crippen molar-refractivity contribution >= 4 is 5.78 Å². The van der Waals surface area contributed by atoms with Crippen LogP contribution in [0.2, 0.25) is 0 Å². The number of benzene rings is 1. The maximum absolute atomic E-state index is 10.9. The summed E-state index contributed by atoms with van der Waals surface area (Å²) in [6.07, 6.45) is 4.42. The summed E-state index contributed by atoms with van der Waals surface area (Å²) < 4.78 is 0. The standard InChI is InChI=1S/C8H15NO.C8H10/c1-7(10)8-3-2-5-9-6-4-8;1-2-8-6-4-3-5-7-8/h8-9H,2-6H2,1H3;3-7H,2H2,1H3. The molecule has 1 unspecified atom stereocenters. The Hall–Kier alpha value is -1.15. The number of hydrogen-bond donors (Lipinski definition) is 1. The van der Waals surface area contributed by atoms with E-state index in [1.165, 1.54) is 5.56 Å². The van der Waals surface area contributed by atoms with E-state index in [9.17, 15) is 4.79 Å². The first-order valence-electron chi connectivity index (χ1n) is 6.99. The average molecular weight is 247 g/mol. The van der Waals surface area contributed by atoms with Crippen LogP contribution in [0.25, 0.3) is 0 Å². The summed E-state index contributed by atoms with van der Waals surface area (Å²) in [6, 6.07) is 10.5. The van der Waals surface area contributed by atoms with Gasteiger partial charge in [0.1, 0.15) is 5.78 Å². The first kappa shape index (κ1) is 14.9. The van der Waals surface area contributed by atoms with Crippen LogP contribution in [0.3, 0.4) is 0 Å². The average Bonchev–Trinajstić information content (AvgIpc) is 2.69. The molecule has 0 aliphatic carbocycles. The second kappa shape index (κ2) is 8.87. The molecule has 1 saturated heterocycles. The Morgan fingerprint density at radius 1 is 1.22 bits per heavy atom. The van der Waals surface area contributed by atoms with Gasteiger partial charge < -0.3 is 5.32 Å². The number of Topliss-reactive ketones (excluding diaryl/α,β-unsaturated/α-hetero) is 1. The summed E-state index contributed by atoms with van der Waals surface area (Å²) in [7, 11) is 0. The van der Waals surface area contributed by atoms with E-state index in [0.29, 0.717) is 11.7 Å². The molecule has 1 heterocycles. The number of aryl methyl sites for hydroxylation is 1. The van der Waals surface area contributed by atoms with E-state index >= 15 is 0 Å². The van der Waals surface area contributed by atoms with Gasteiger partial charge in [-0.1, -0.05) is 37.3 Å². The van der Waals surface area contributed by atoms with Gasteiger partial charge in [-0.3, -0.25) is 4.79 Å². The first-order chi connectivity index (χ1) is 8.74. The monoisotopic (exact) mass is 247 g/mol. The number of hydrogen-bond acceptors (Lipinski definition) is 2. The van der Waals surface area contributed by atoms with Crippen LogP contribution in [0.1, 0.15) is 38.7 Å². The molecule has 1 N–H and O–H groups in total. The Morgan fingerprint density at radius 2 is 1.94 bits per heavy atom. The molecule has 0 bridgehead atoms. The normalized spacial score (nSPS) is 19.3. The molecular formula is C16H25NO. The molecule has 1 atom stereocenters. The quantitative estimate of drug-likeness (QED) is 0.869. The zero-order chi connectivity index (χ0) is 13.2. The highest BCUT2D eigenvalue weighted by Gasteiger charge is 2.15. The zero-order valence-corrected chi connectivity index (χ0v) is 11.6. The van der Waals surface area contributed by atoms with Crippen LogP contribution in [0.4, 0.5) is 0 Å². The van der Waals surface area contributed by atoms with Crippen LogP contribution in [-0.4, -0.2) is 18.9 Å². The molecule has 100 valence electrons. The van der Waals surface area contributed by atoms with Gasteiger partial charge in [-0.25, -0.2) is 0 Å². The Balaban J connectivity index is 0.000000184. The van der Waals surface area contributed by atoms with Gasteiger partial charge in [0, 0.05) is 5.92 Å². The van der Waals surface area contributed by atoms with Gasteiger partial charge in [0.15, 0.2) is 0 Å². The molecule has 1 fully saturated rings. The summed E-state index contributed by atoms with van der Waals surface area (Å²) >= 11 is 0. The minimum absolute atomic E-state index is 0.343. The van der Waals surface area contributed by atoms with Crippen LogP contribution in [-0.2, 0) is 11.2 Å². The molecule has 2 rings (SSSR count). The lowest BCUT2D eigenvalue weighted by Gasteiger charge is -2.07. The lowest BCUT2D eigenvalue weighted by molar-refractivity contribution is -0.121. The van der Waals surface area contributed by atoms with E-state index in [1.54, 1.807) is 6.92 Å². The molecule has 0 aromatic heterocycles. The number of nitrogens with one attached hydrogen (secondary N) is 1. The van der Waals surface area contributed by atoms with Crippen molar-refractivity contribution in [3.05, 3.63) is 35.9 Å². The molecule has 0 spiro atoms. The Morgan fingerprint density at radius 3 is 2.50 bits per heavy atom. The van der Waals surface area contributed by atoms with Crippen molar-refractivity contribution in [1.29, 1.82) is 0 Å². The smallest absolute Gasteiger partial charge is 0.132 e. The number of rotatable bonds is 2. The van der Waals surface area contributed by atoms with Gasteiger partial charge in [0.25, 0.3) is 0 Å². The highest BCUT2D eigenvalue weighted by Crippen LogP contribution is 2.13. The van der Waals surface area contributed by atoms with Crippen molar-refractivity contribution in [1.82, 2.24) is 5.32 Å². The number of carbonyl (C=O) groups excluding carboxylic acids is 1. The lowest BCUT2D eigenvalue weighted by atomic mass is 9.97. The fraction of sp³-hybridized carbons (Fsp3) is 0.562. The summed E-state index contributed by atoms with van der Waals surface area (Å²) in [6.45, 7) is 5.97. The minimum Gasteiger partial charge on any atom is -0.317 e.